The van der Waals surface area contributed by atoms with Crippen molar-refractivity contribution >= 4 is 12.4 Å². The fraction of sp³-hybridized carbons (Fsp3) is 0.250. The average Bonchev–Trinajstić information content (AvgIpc) is 2.21. The molecule has 0 aromatic carbocycles. The third-order valence-corrected chi connectivity index (χ3v) is 1.79. The molecule has 0 bridgehead atoms. The Labute approximate surface area is 70.1 Å². The van der Waals surface area contributed by atoms with Gasteiger partial charge >= 0.3 is 0 Å². The number of aromatic nitrogens is 2. The SMILES string of the molecule is C1=NN=CC(c2ccnnc2)C1. The molecule has 1 aliphatic heterocycles. The Bertz CT molecular complexity index is 304. The quantitative estimate of drug-likeness (QED) is 0.615. The van der Waals surface area contributed by atoms with Gasteiger partial charge in [0.1, 0.15) is 0 Å². The molecule has 0 radical (unpaired) electrons. The van der Waals surface area contributed by atoms with Crippen LogP contribution in [0.1, 0.15) is 17.9 Å². The normalized spacial score (nSPS) is 21.2. The fourth-order valence-corrected chi connectivity index (χ4v) is 1.13. The molecule has 60 valence electrons. The van der Waals surface area contributed by atoms with Gasteiger partial charge in [0.2, 0.25) is 0 Å². The van der Waals surface area contributed by atoms with Crippen molar-refractivity contribution < 1.29 is 0 Å². The van der Waals surface area contributed by atoms with Crippen molar-refractivity contribution in [2.75, 3.05) is 0 Å². The van der Waals surface area contributed by atoms with E-state index in [0.717, 1.165) is 12.0 Å². The van der Waals surface area contributed by atoms with Crippen molar-refractivity contribution in [1.29, 1.82) is 0 Å². The van der Waals surface area contributed by atoms with Crippen molar-refractivity contribution in [1.82, 2.24) is 10.2 Å². The first kappa shape index (κ1) is 7.09. The molecule has 4 nitrogen and oxygen atoms in total. The van der Waals surface area contributed by atoms with Gasteiger partial charge in [0.15, 0.2) is 0 Å². The Morgan fingerprint density at radius 2 is 2.25 bits per heavy atom. The number of nitrogens with zero attached hydrogens (tertiary/aromatic N) is 4. The highest BCUT2D eigenvalue weighted by atomic mass is 15.2. The minimum Gasteiger partial charge on any atom is -0.164 e. The van der Waals surface area contributed by atoms with Crippen LogP contribution in [0.25, 0.3) is 0 Å². The Morgan fingerprint density at radius 3 is 2.92 bits per heavy atom. The molecule has 0 amide bonds. The maximum absolute atomic E-state index is 3.83. The predicted molar refractivity (Wildman–Crippen MR) is 46.4 cm³/mol. The lowest BCUT2D eigenvalue weighted by Crippen LogP contribution is -2.04. The molecule has 1 aromatic rings. The van der Waals surface area contributed by atoms with Crippen LogP contribution in [-0.2, 0) is 0 Å². The van der Waals surface area contributed by atoms with Gasteiger partial charge in [-0.3, -0.25) is 0 Å². The van der Waals surface area contributed by atoms with Gasteiger partial charge in [-0.2, -0.15) is 20.4 Å². The summed E-state index contributed by atoms with van der Waals surface area (Å²) in [6.07, 6.45) is 7.99. The zero-order chi connectivity index (χ0) is 8.23. The van der Waals surface area contributed by atoms with Crippen LogP contribution in [0.3, 0.4) is 0 Å². The number of hydrogen-bond acceptors (Lipinski definition) is 4. The topological polar surface area (TPSA) is 50.5 Å². The van der Waals surface area contributed by atoms with Crippen LogP contribution in [-0.4, -0.2) is 22.6 Å². The third kappa shape index (κ3) is 1.37. The molecule has 0 spiro atoms. The first-order valence-corrected chi connectivity index (χ1v) is 3.78. The van der Waals surface area contributed by atoms with E-state index in [1.54, 1.807) is 12.4 Å². The molecule has 2 heterocycles. The Morgan fingerprint density at radius 1 is 1.25 bits per heavy atom. The summed E-state index contributed by atoms with van der Waals surface area (Å²) in [7, 11) is 0. The van der Waals surface area contributed by atoms with Gasteiger partial charge in [-0.15, -0.1) is 0 Å². The summed E-state index contributed by atoms with van der Waals surface area (Å²) in [5.41, 5.74) is 1.14. The third-order valence-electron chi connectivity index (χ3n) is 1.79. The maximum Gasteiger partial charge on any atom is 0.0534 e. The number of hydrogen-bond donors (Lipinski definition) is 0. The van der Waals surface area contributed by atoms with Crippen molar-refractivity contribution in [3.8, 4) is 0 Å². The van der Waals surface area contributed by atoms with E-state index in [1.807, 2.05) is 18.5 Å². The van der Waals surface area contributed by atoms with Gasteiger partial charge in [0.25, 0.3) is 0 Å². The van der Waals surface area contributed by atoms with Crippen LogP contribution in [0, 0.1) is 0 Å². The molecule has 12 heavy (non-hydrogen) atoms. The first-order valence-electron chi connectivity index (χ1n) is 3.78. The average molecular weight is 160 g/mol. The van der Waals surface area contributed by atoms with E-state index < -0.39 is 0 Å². The molecular weight excluding hydrogens is 152 g/mol. The summed E-state index contributed by atoms with van der Waals surface area (Å²) < 4.78 is 0. The van der Waals surface area contributed by atoms with Crippen molar-refractivity contribution in [2.45, 2.75) is 12.3 Å². The summed E-state index contributed by atoms with van der Waals surface area (Å²) in [6, 6.07) is 1.95. The molecule has 1 atom stereocenters. The molecule has 0 fully saturated rings. The van der Waals surface area contributed by atoms with E-state index in [9.17, 15) is 0 Å². The van der Waals surface area contributed by atoms with E-state index in [1.165, 1.54) is 0 Å². The van der Waals surface area contributed by atoms with Crippen LogP contribution in [0.2, 0.25) is 0 Å². The highest BCUT2D eigenvalue weighted by Crippen LogP contribution is 2.16. The van der Waals surface area contributed by atoms with Gasteiger partial charge in [-0.05, 0) is 18.1 Å². The lowest BCUT2D eigenvalue weighted by atomic mass is 9.99. The molecule has 0 N–H and O–H groups in total. The van der Waals surface area contributed by atoms with E-state index >= 15 is 0 Å². The predicted octanol–water partition coefficient (Wildman–Crippen LogP) is 1.02. The summed E-state index contributed by atoms with van der Waals surface area (Å²) >= 11 is 0. The molecule has 0 aliphatic carbocycles. The molecule has 0 saturated heterocycles. The molecule has 1 unspecified atom stereocenters. The minimum atomic E-state index is 0.318. The van der Waals surface area contributed by atoms with Gasteiger partial charge in [0.05, 0.1) is 6.20 Å². The largest absolute Gasteiger partial charge is 0.164 e. The molecule has 0 saturated carbocycles. The Kier molecular flexibility index (Phi) is 1.90. The summed E-state index contributed by atoms with van der Waals surface area (Å²) in [6.45, 7) is 0. The first-order chi connectivity index (χ1) is 5.97. The van der Waals surface area contributed by atoms with Crippen molar-refractivity contribution in [2.24, 2.45) is 10.2 Å². The van der Waals surface area contributed by atoms with Crippen molar-refractivity contribution in [3.63, 3.8) is 0 Å². The fourth-order valence-electron chi connectivity index (χ4n) is 1.13. The van der Waals surface area contributed by atoms with Gasteiger partial charge in [0, 0.05) is 24.5 Å². The highest BCUT2D eigenvalue weighted by Gasteiger charge is 2.09. The molecule has 4 heteroatoms. The summed E-state index contributed by atoms with van der Waals surface area (Å²) in [5.74, 6) is 0.318. The molecular formula is C8H8N4. The zero-order valence-corrected chi connectivity index (χ0v) is 6.46. The van der Waals surface area contributed by atoms with Crippen LogP contribution in [0.4, 0.5) is 0 Å². The van der Waals surface area contributed by atoms with E-state index in [4.69, 9.17) is 0 Å². The smallest absolute Gasteiger partial charge is 0.0534 e. The van der Waals surface area contributed by atoms with Crippen LogP contribution >= 0.6 is 0 Å². The monoisotopic (exact) mass is 160 g/mol. The van der Waals surface area contributed by atoms with Crippen LogP contribution < -0.4 is 0 Å². The molecule has 1 aliphatic rings. The second kappa shape index (κ2) is 3.21. The Hall–Kier alpha value is -1.58. The Balaban J connectivity index is 2.21. The minimum absolute atomic E-state index is 0.318. The van der Waals surface area contributed by atoms with E-state index in [2.05, 4.69) is 20.4 Å². The van der Waals surface area contributed by atoms with Gasteiger partial charge in [-0.25, -0.2) is 0 Å². The summed E-state index contributed by atoms with van der Waals surface area (Å²) in [4.78, 5) is 0. The maximum atomic E-state index is 3.83. The lowest BCUT2D eigenvalue weighted by molar-refractivity contribution is 0.898. The van der Waals surface area contributed by atoms with E-state index in [-0.39, 0.29) is 0 Å². The van der Waals surface area contributed by atoms with Crippen LogP contribution in [0.15, 0.2) is 28.7 Å². The second-order valence-electron chi connectivity index (χ2n) is 2.58. The standard InChI is InChI=1S/C8H8N4/c1-3-9-11-5-7(1)8-2-4-10-12-6-8/h1,3-6,8H,2H2. The van der Waals surface area contributed by atoms with Crippen LogP contribution in [0.5, 0.6) is 0 Å². The van der Waals surface area contributed by atoms with Gasteiger partial charge < -0.3 is 0 Å². The number of rotatable bonds is 1. The lowest BCUT2D eigenvalue weighted by Gasteiger charge is -2.09. The summed E-state index contributed by atoms with van der Waals surface area (Å²) in [5, 5.41) is 15.1. The van der Waals surface area contributed by atoms with Crippen molar-refractivity contribution in [3.05, 3.63) is 24.0 Å². The molecule has 2 rings (SSSR count). The highest BCUT2D eigenvalue weighted by molar-refractivity contribution is 5.76. The second-order valence-corrected chi connectivity index (χ2v) is 2.58. The van der Waals surface area contributed by atoms with E-state index in [0.29, 0.717) is 5.92 Å². The molecule has 1 aromatic heterocycles. The zero-order valence-electron chi connectivity index (χ0n) is 6.46. The van der Waals surface area contributed by atoms with Gasteiger partial charge in [-0.1, -0.05) is 0 Å².